The zero-order chi connectivity index (χ0) is 11.2. The molecule has 2 aliphatic carbocycles. The lowest BCUT2D eigenvalue weighted by atomic mass is 9.58. The van der Waals surface area contributed by atoms with Gasteiger partial charge >= 0.3 is 0 Å². The summed E-state index contributed by atoms with van der Waals surface area (Å²) in [6.45, 7) is 2.27. The molecule has 1 aromatic carbocycles. The van der Waals surface area contributed by atoms with Crippen molar-refractivity contribution in [2.75, 3.05) is 0 Å². The number of hydrogen-bond acceptors (Lipinski definition) is 1. The molecular formula is C15H21N. The van der Waals surface area contributed by atoms with Gasteiger partial charge in [-0.05, 0) is 30.7 Å². The van der Waals surface area contributed by atoms with E-state index in [1.807, 2.05) is 0 Å². The van der Waals surface area contributed by atoms with Crippen molar-refractivity contribution in [3.8, 4) is 0 Å². The van der Waals surface area contributed by atoms with Crippen LogP contribution >= 0.6 is 0 Å². The average Bonchev–Trinajstić information content (AvgIpc) is 2.91. The van der Waals surface area contributed by atoms with Crippen molar-refractivity contribution in [1.82, 2.24) is 0 Å². The van der Waals surface area contributed by atoms with Crippen LogP contribution in [-0.4, -0.2) is 5.54 Å². The van der Waals surface area contributed by atoms with Gasteiger partial charge in [-0.1, -0.05) is 50.1 Å². The highest BCUT2D eigenvalue weighted by atomic mass is 14.9. The molecule has 86 valence electrons. The predicted molar refractivity (Wildman–Crippen MR) is 67.3 cm³/mol. The van der Waals surface area contributed by atoms with Crippen LogP contribution < -0.4 is 5.73 Å². The van der Waals surface area contributed by atoms with Crippen LogP contribution in [0.25, 0.3) is 0 Å². The van der Waals surface area contributed by atoms with Crippen molar-refractivity contribution in [3.63, 3.8) is 0 Å². The Morgan fingerprint density at radius 2 is 1.94 bits per heavy atom. The van der Waals surface area contributed by atoms with Gasteiger partial charge in [-0.25, -0.2) is 0 Å². The van der Waals surface area contributed by atoms with E-state index < -0.39 is 0 Å². The molecule has 1 aromatic rings. The van der Waals surface area contributed by atoms with Crippen molar-refractivity contribution in [3.05, 3.63) is 35.9 Å². The predicted octanol–water partition coefficient (Wildman–Crippen LogP) is 3.24. The molecule has 1 heteroatoms. The maximum Gasteiger partial charge on any atom is 0.0284 e. The zero-order valence-electron chi connectivity index (χ0n) is 10.1. The van der Waals surface area contributed by atoms with E-state index in [0.29, 0.717) is 5.41 Å². The maximum atomic E-state index is 6.67. The van der Waals surface area contributed by atoms with Crippen LogP contribution in [0.1, 0.15) is 44.6 Å². The standard InChI is InChI=1S/C15H21N/c1-2-12-11-15(12,16)14(9-6-10-14)13-7-4-3-5-8-13/h3-5,7-8,12H,2,6,9-11,16H2,1H3. The van der Waals surface area contributed by atoms with E-state index in [9.17, 15) is 0 Å². The Hall–Kier alpha value is -0.820. The van der Waals surface area contributed by atoms with Crippen molar-refractivity contribution in [2.24, 2.45) is 11.7 Å². The lowest BCUT2D eigenvalue weighted by Gasteiger charge is -2.48. The molecule has 3 rings (SSSR count). The van der Waals surface area contributed by atoms with Gasteiger partial charge in [0.05, 0.1) is 0 Å². The Kier molecular flexibility index (Phi) is 2.16. The minimum absolute atomic E-state index is 0.112. The summed E-state index contributed by atoms with van der Waals surface area (Å²) >= 11 is 0. The largest absolute Gasteiger partial charge is 0.324 e. The first-order chi connectivity index (χ1) is 7.73. The molecule has 0 bridgehead atoms. The van der Waals surface area contributed by atoms with Crippen LogP contribution in [-0.2, 0) is 5.41 Å². The highest BCUT2D eigenvalue weighted by molar-refractivity contribution is 5.38. The number of rotatable bonds is 3. The summed E-state index contributed by atoms with van der Waals surface area (Å²) < 4.78 is 0. The molecule has 0 saturated heterocycles. The van der Waals surface area contributed by atoms with Crippen LogP contribution in [0.4, 0.5) is 0 Å². The number of benzene rings is 1. The molecule has 2 fully saturated rings. The number of nitrogens with two attached hydrogens (primary N) is 1. The van der Waals surface area contributed by atoms with E-state index in [1.165, 1.54) is 37.7 Å². The van der Waals surface area contributed by atoms with Crippen molar-refractivity contribution < 1.29 is 0 Å². The van der Waals surface area contributed by atoms with Gasteiger partial charge in [0, 0.05) is 11.0 Å². The first-order valence-corrected chi connectivity index (χ1v) is 6.57. The van der Waals surface area contributed by atoms with Gasteiger partial charge in [-0.3, -0.25) is 0 Å². The first kappa shape index (κ1) is 10.3. The zero-order valence-corrected chi connectivity index (χ0v) is 10.1. The van der Waals surface area contributed by atoms with Crippen LogP contribution in [0.5, 0.6) is 0 Å². The quantitative estimate of drug-likeness (QED) is 0.823. The molecule has 16 heavy (non-hydrogen) atoms. The third-order valence-corrected chi connectivity index (χ3v) is 5.07. The monoisotopic (exact) mass is 215 g/mol. The third kappa shape index (κ3) is 1.15. The molecule has 0 radical (unpaired) electrons. The Morgan fingerprint density at radius 1 is 1.25 bits per heavy atom. The molecular weight excluding hydrogens is 194 g/mol. The second-order valence-electron chi connectivity index (χ2n) is 5.65. The molecule has 0 spiro atoms. The molecule has 0 aromatic heterocycles. The van der Waals surface area contributed by atoms with Crippen molar-refractivity contribution in [1.29, 1.82) is 0 Å². The van der Waals surface area contributed by atoms with Crippen molar-refractivity contribution >= 4 is 0 Å². The first-order valence-electron chi connectivity index (χ1n) is 6.57. The summed E-state index contributed by atoms with van der Waals surface area (Å²) in [5.74, 6) is 0.757. The van der Waals surface area contributed by atoms with Gasteiger partial charge in [-0.2, -0.15) is 0 Å². The van der Waals surface area contributed by atoms with Gasteiger partial charge in [-0.15, -0.1) is 0 Å². The summed E-state index contributed by atoms with van der Waals surface area (Å²) in [6, 6.07) is 11.0. The lowest BCUT2D eigenvalue weighted by molar-refractivity contribution is 0.169. The Labute approximate surface area is 98.0 Å². The molecule has 2 aliphatic rings. The highest BCUT2D eigenvalue weighted by Crippen LogP contribution is 2.63. The summed E-state index contributed by atoms with van der Waals surface area (Å²) in [6.07, 6.45) is 6.42. The fourth-order valence-corrected chi connectivity index (χ4v) is 3.75. The fourth-order valence-electron chi connectivity index (χ4n) is 3.75. The van der Waals surface area contributed by atoms with E-state index in [4.69, 9.17) is 5.73 Å². The summed E-state index contributed by atoms with van der Waals surface area (Å²) in [5.41, 5.74) is 8.59. The third-order valence-electron chi connectivity index (χ3n) is 5.07. The van der Waals surface area contributed by atoms with E-state index in [0.717, 1.165) is 5.92 Å². The van der Waals surface area contributed by atoms with E-state index >= 15 is 0 Å². The van der Waals surface area contributed by atoms with Crippen LogP contribution in [0.15, 0.2) is 30.3 Å². The van der Waals surface area contributed by atoms with E-state index in [2.05, 4.69) is 37.3 Å². The van der Waals surface area contributed by atoms with Gasteiger partial charge in [0.1, 0.15) is 0 Å². The Balaban J connectivity index is 1.96. The van der Waals surface area contributed by atoms with E-state index in [1.54, 1.807) is 0 Å². The minimum atomic E-state index is 0.112. The van der Waals surface area contributed by atoms with Crippen LogP contribution in [0.2, 0.25) is 0 Å². The molecule has 0 amide bonds. The molecule has 2 atom stereocenters. The molecule has 1 nitrogen and oxygen atoms in total. The van der Waals surface area contributed by atoms with Gasteiger partial charge in [0.2, 0.25) is 0 Å². The highest BCUT2D eigenvalue weighted by Gasteiger charge is 2.65. The van der Waals surface area contributed by atoms with Gasteiger partial charge in [0.15, 0.2) is 0 Å². The molecule has 0 aliphatic heterocycles. The fraction of sp³-hybridized carbons (Fsp3) is 0.600. The normalized spacial score (nSPS) is 35.5. The topological polar surface area (TPSA) is 26.0 Å². The van der Waals surface area contributed by atoms with Crippen LogP contribution in [0, 0.1) is 5.92 Å². The Bertz CT molecular complexity index is 380. The van der Waals surface area contributed by atoms with Gasteiger partial charge in [0.25, 0.3) is 0 Å². The van der Waals surface area contributed by atoms with Crippen molar-refractivity contribution in [2.45, 2.75) is 50.0 Å². The minimum Gasteiger partial charge on any atom is -0.324 e. The second kappa shape index (κ2) is 3.33. The lowest BCUT2D eigenvalue weighted by Crippen LogP contribution is -2.53. The smallest absolute Gasteiger partial charge is 0.0284 e. The summed E-state index contributed by atoms with van der Waals surface area (Å²) in [5, 5.41) is 0. The van der Waals surface area contributed by atoms with Crippen LogP contribution in [0.3, 0.4) is 0 Å². The second-order valence-corrected chi connectivity index (χ2v) is 5.65. The average molecular weight is 215 g/mol. The summed E-state index contributed by atoms with van der Waals surface area (Å²) in [4.78, 5) is 0. The number of hydrogen-bond donors (Lipinski definition) is 1. The molecule has 0 heterocycles. The SMILES string of the molecule is CCC1CC1(N)C1(c2ccccc2)CCC1. The molecule has 2 N–H and O–H groups in total. The van der Waals surface area contributed by atoms with Gasteiger partial charge < -0.3 is 5.73 Å². The Morgan fingerprint density at radius 3 is 2.38 bits per heavy atom. The van der Waals surface area contributed by atoms with E-state index in [-0.39, 0.29) is 5.54 Å². The molecule has 2 unspecified atom stereocenters. The molecule has 2 saturated carbocycles. The maximum absolute atomic E-state index is 6.67. The summed E-state index contributed by atoms with van der Waals surface area (Å²) in [7, 11) is 0.